The summed E-state index contributed by atoms with van der Waals surface area (Å²) in [6, 6.07) is 9.14. The largest absolute Gasteiger partial charge is 0.493 e. The number of nitrogens with zero attached hydrogens (tertiary/aromatic N) is 2. The summed E-state index contributed by atoms with van der Waals surface area (Å²) in [5.41, 5.74) is -3.77. The average molecular weight is 657 g/mol. The van der Waals surface area contributed by atoms with Crippen molar-refractivity contribution >= 4 is 39.8 Å². The van der Waals surface area contributed by atoms with Gasteiger partial charge in [0.15, 0.2) is 11.4 Å². The summed E-state index contributed by atoms with van der Waals surface area (Å²) in [4.78, 5) is 10.8. The van der Waals surface area contributed by atoms with Crippen molar-refractivity contribution in [2.45, 2.75) is 32.1 Å². The quantitative estimate of drug-likeness (QED) is 0.0604. The van der Waals surface area contributed by atoms with Gasteiger partial charge in [0, 0.05) is 23.5 Å². The van der Waals surface area contributed by atoms with Crippen LogP contribution in [0.3, 0.4) is 0 Å². The Morgan fingerprint density at radius 3 is 1.74 bits per heavy atom. The van der Waals surface area contributed by atoms with E-state index in [4.69, 9.17) is 15.9 Å². The van der Waals surface area contributed by atoms with Gasteiger partial charge in [-0.3, -0.25) is 8.57 Å². The zero-order valence-corrected chi connectivity index (χ0v) is 23.6. The molecule has 2 rings (SSSR count). The number of hydrogen-bond donors (Lipinski definition) is 0. The summed E-state index contributed by atoms with van der Waals surface area (Å²) in [5.74, 6) is 0.306. The fourth-order valence-corrected chi connectivity index (χ4v) is 3.91. The van der Waals surface area contributed by atoms with Gasteiger partial charge in [0.2, 0.25) is 0 Å². The number of ether oxygens (including phenoxy) is 2. The normalized spacial score (nSPS) is 12.7. The van der Waals surface area contributed by atoms with E-state index in [1.54, 1.807) is 5.92 Å². The number of carbonyl (C=O) groups is 1. The summed E-state index contributed by atoms with van der Waals surface area (Å²) in [6.45, 7) is 1.66. The number of rotatable bonds is 15. The number of oxime groups is 2. The lowest BCUT2D eigenvalue weighted by molar-refractivity contribution is -0.127. The molecule has 0 atom stereocenters. The predicted octanol–water partition coefficient (Wildman–Crippen LogP) is 5.58. The van der Waals surface area contributed by atoms with Crippen LogP contribution in [0, 0.1) is 12.3 Å². The summed E-state index contributed by atoms with van der Waals surface area (Å²) in [7, 11) is -4.26. The standard InChI is InChI=1S/C25H22F6N2O8S2/c1-3-16-43(35,36)41-33-23(25(29,30)31)18-8-12-20(13-9-18)38-15-5-14-37-19-10-6-17(7-11-19)22(24(26,27)28)32-40-42-39-21(34)4-2/h2,6-13H,3,5,14-16H2,1H3. The van der Waals surface area contributed by atoms with E-state index in [1.807, 2.05) is 0 Å². The molecule has 43 heavy (non-hydrogen) atoms. The van der Waals surface area contributed by atoms with Crippen LogP contribution in [0.5, 0.6) is 11.5 Å². The van der Waals surface area contributed by atoms with E-state index in [2.05, 4.69) is 23.1 Å². The van der Waals surface area contributed by atoms with Crippen molar-refractivity contribution in [3.05, 3.63) is 59.7 Å². The third kappa shape index (κ3) is 12.3. The van der Waals surface area contributed by atoms with Gasteiger partial charge >= 0.3 is 40.8 Å². The molecular weight excluding hydrogens is 634 g/mol. The SMILES string of the molecule is C#CC(=O)OSON=C(c1ccc(OCCCOc2ccc(C(=NOS(=O)(=O)CCC)C(F)(F)F)cc2)cc1)C(F)(F)F. The smallest absolute Gasteiger partial charge is 0.437 e. The van der Waals surface area contributed by atoms with E-state index in [-0.39, 0.29) is 49.0 Å². The number of benzene rings is 2. The van der Waals surface area contributed by atoms with Crippen molar-refractivity contribution < 1.29 is 61.8 Å². The lowest BCUT2D eigenvalue weighted by Gasteiger charge is -2.12. The Hall–Kier alpha value is -4.11. The molecule has 0 aliphatic rings. The minimum Gasteiger partial charge on any atom is -0.493 e. The van der Waals surface area contributed by atoms with Gasteiger partial charge in [-0.25, -0.2) is 4.79 Å². The molecule has 0 unspecified atom stereocenters. The van der Waals surface area contributed by atoms with Crippen molar-refractivity contribution in [2.24, 2.45) is 10.3 Å². The van der Waals surface area contributed by atoms with Gasteiger partial charge in [0.25, 0.3) is 0 Å². The van der Waals surface area contributed by atoms with E-state index in [0.717, 1.165) is 24.3 Å². The van der Waals surface area contributed by atoms with Crippen LogP contribution in [0.4, 0.5) is 26.3 Å². The van der Waals surface area contributed by atoms with Gasteiger partial charge in [-0.05, 0) is 55.0 Å². The van der Waals surface area contributed by atoms with Crippen LogP contribution >= 0.6 is 12.3 Å². The predicted molar refractivity (Wildman–Crippen MR) is 142 cm³/mol. The Morgan fingerprint density at radius 1 is 0.860 bits per heavy atom. The van der Waals surface area contributed by atoms with Crippen LogP contribution in [0.2, 0.25) is 0 Å². The number of hydrogen-bond acceptors (Lipinski definition) is 11. The molecule has 0 heterocycles. The molecule has 10 nitrogen and oxygen atoms in total. The van der Waals surface area contributed by atoms with Crippen LogP contribution in [-0.2, 0) is 27.7 Å². The number of carbonyl (C=O) groups excluding carboxylic acids is 1. The third-order valence-corrected chi connectivity index (χ3v) is 6.27. The van der Waals surface area contributed by atoms with Crippen LogP contribution in [-0.4, -0.2) is 57.1 Å². The van der Waals surface area contributed by atoms with E-state index in [1.165, 1.54) is 31.2 Å². The van der Waals surface area contributed by atoms with Gasteiger partial charge in [-0.15, -0.1) is 6.42 Å². The lowest BCUT2D eigenvalue weighted by atomic mass is 10.1. The maximum absolute atomic E-state index is 13.4. The van der Waals surface area contributed by atoms with E-state index >= 15 is 0 Å². The molecule has 0 amide bonds. The molecule has 0 bridgehead atoms. The Labute approximate surface area is 246 Å². The Morgan fingerprint density at radius 2 is 1.33 bits per heavy atom. The highest BCUT2D eigenvalue weighted by atomic mass is 32.2. The molecule has 0 radical (unpaired) electrons. The second-order valence-electron chi connectivity index (χ2n) is 7.97. The molecule has 0 fully saturated rings. The molecule has 2 aromatic rings. The van der Waals surface area contributed by atoms with Gasteiger partial charge in [-0.1, -0.05) is 17.2 Å². The first-order valence-corrected chi connectivity index (χ1v) is 14.1. The van der Waals surface area contributed by atoms with Crippen molar-refractivity contribution in [3.8, 4) is 23.8 Å². The highest BCUT2D eigenvalue weighted by Crippen LogP contribution is 2.26. The topological polar surface area (TPSA) is 122 Å². The Balaban J connectivity index is 1.89. The second kappa shape index (κ2) is 15.9. The molecule has 234 valence electrons. The summed E-state index contributed by atoms with van der Waals surface area (Å²) < 4.78 is 127. The molecule has 0 saturated heterocycles. The maximum Gasteiger partial charge on any atom is 0.437 e. The Kier molecular flexibility index (Phi) is 13.0. The van der Waals surface area contributed by atoms with Gasteiger partial charge in [-0.2, -0.15) is 34.8 Å². The number of alkyl halides is 6. The molecule has 0 aliphatic carbocycles. The molecule has 0 aromatic heterocycles. The van der Waals surface area contributed by atoms with E-state index in [9.17, 15) is 39.6 Å². The fraction of sp³-hybridized carbons (Fsp3) is 0.320. The molecule has 0 aliphatic heterocycles. The molecule has 18 heteroatoms. The molecular formula is C25H22F6N2O8S2. The average Bonchev–Trinajstić information content (AvgIpc) is 2.92. The van der Waals surface area contributed by atoms with Crippen LogP contribution in [0.25, 0.3) is 0 Å². The number of halogens is 6. The summed E-state index contributed by atoms with van der Waals surface area (Å²) >= 11 is -0.142. The minimum absolute atomic E-state index is 0.0696. The minimum atomic E-state index is -4.99. The van der Waals surface area contributed by atoms with Crippen molar-refractivity contribution in [1.82, 2.24) is 0 Å². The third-order valence-electron chi connectivity index (χ3n) is 4.70. The van der Waals surface area contributed by atoms with Gasteiger partial charge in [0.05, 0.1) is 19.0 Å². The molecule has 0 N–H and O–H groups in total. The molecule has 0 spiro atoms. The first-order valence-electron chi connectivity index (χ1n) is 11.9. The van der Waals surface area contributed by atoms with Crippen LogP contribution < -0.4 is 9.47 Å². The monoisotopic (exact) mass is 656 g/mol. The lowest BCUT2D eigenvalue weighted by Crippen LogP contribution is -2.25. The van der Waals surface area contributed by atoms with Gasteiger partial charge in [0.1, 0.15) is 11.5 Å². The van der Waals surface area contributed by atoms with Crippen molar-refractivity contribution in [2.75, 3.05) is 19.0 Å². The fourth-order valence-electron chi connectivity index (χ4n) is 2.90. The first kappa shape index (κ1) is 35.1. The molecule has 2 aromatic carbocycles. The zero-order chi connectivity index (χ0) is 32.1. The maximum atomic E-state index is 13.4. The van der Waals surface area contributed by atoms with Crippen molar-refractivity contribution in [1.29, 1.82) is 0 Å². The second-order valence-corrected chi connectivity index (χ2v) is 10.1. The van der Waals surface area contributed by atoms with E-state index < -0.39 is 51.2 Å². The van der Waals surface area contributed by atoms with Crippen LogP contribution in [0.15, 0.2) is 58.8 Å². The Bertz CT molecular complexity index is 1420. The van der Waals surface area contributed by atoms with Gasteiger partial charge < -0.3 is 13.7 Å². The highest BCUT2D eigenvalue weighted by molar-refractivity contribution is 7.90. The summed E-state index contributed by atoms with van der Waals surface area (Å²) in [5, 5.41) is 5.74. The first-order chi connectivity index (χ1) is 20.2. The summed E-state index contributed by atoms with van der Waals surface area (Å²) in [6.07, 6.45) is -4.74. The van der Waals surface area contributed by atoms with Crippen LogP contribution in [0.1, 0.15) is 30.9 Å². The van der Waals surface area contributed by atoms with E-state index in [0.29, 0.717) is 6.42 Å². The highest BCUT2D eigenvalue weighted by Gasteiger charge is 2.39. The zero-order valence-electron chi connectivity index (χ0n) is 22.0. The van der Waals surface area contributed by atoms with Crippen molar-refractivity contribution in [3.63, 3.8) is 0 Å². The number of terminal acetylenes is 1. The molecule has 0 saturated carbocycles.